The zero-order chi connectivity index (χ0) is 21.0. The molecular weight excluding hydrogens is 358 g/mol. The van der Waals surface area contributed by atoms with Crippen molar-refractivity contribution in [2.24, 2.45) is 0 Å². The number of alkyl carbamates (subject to hydrolysis) is 1. The van der Waals surface area contributed by atoms with Crippen LogP contribution in [0.2, 0.25) is 0 Å². The monoisotopic (exact) mass is 387 g/mol. The number of nitrogens with zero attached hydrogens (tertiary/aromatic N) is 2. The maximum atomic E-state index is 12.3. The molecule has 2 N–H and O–H groups in total. The van der Waals surface area contributed by atoms with Gasteiger partial charge in [0, 0.05) is 13.1 Å². The summed E-state index contributed by atoms with van der Waals surface area (Å²) in [5.41, 5.74) is -1.45. The number of rotatable bonds is 3. The first-order valence-corrected chi connectivity index (χ1v) is 8.66. The molecule has 0 saturated carbocycles. The molecule has 1 aliphatic heterocycles. The summed E-state index contributed by atoms with van der Waals surface area (Å²) < 4.78 is 10.3. The summed E-state index contributed by atoms with van der Waals surface area (Å²) in [7, 11) is 0. The predicted octanol–water partition coefficient (Wildman–Crippen LogP) is 1.04. The molecule has 1 heterocycles. The molecule has 1 rings (SSSR count). The van der Waals surface area contributed by atoms with Gasteiger partial charge in [0.2, 0.25) is 5.91 Å². The van der Waals surface area contributed by atoms with E-state index in [4.69, 9.17) is 9.47 Å². The first-order valence-electron chi connectivity index (χ1n) is 8.66. The third kappa shape index (κ3) is 7.71. The molecule has 3 amide bonds. The zero-order valence-corrected chi connectivity index (χ0v) is 16.7. The number of carboxylic acids is 1. The van der Waals surface area contributed by atoms with Crippen LogP contribution < -0.4 is 5.32 Å². The molecule has 1 unspecified atom stereocenters. The number of ether oxygens (including phenoxy) is 2. The van der Waals surface area contributed by atoms with Crippen LogP contribution in [0.1, 0.15) is 41.5 Å². The van der Waals surface area contributed by atoms with Crippen LogP contribution in [0.3, 0.4) is 0 Å². The van der Waals surface area contributed by atoms with Crippen LogP contribution in [-0.4, -0.2) is 82.4 Å². The van der Waals surface area contributed by atoms with Crippen LogP contribution in [0, 0.1) is 0 Å². The molecule has 1 fully saturated rings. The third-order valence-corrected chi connectivity index (χ3v) is 3.43. The second-order valence-corrected chi connectivity index (χ2v) is 8.22. The second-order valence-electron chi connectivity index (χ2n) is 8.22. The molecule has 0 aromatic carbocycles. The standard InChI is InChI=1S/C17H29N3O7/c1-16(2,3)26-14(24)18-9-12(21)19-7-8-20(11(10-19)13(22)23)15(25)27-17(4,5)6/h11H,7-10H2,1-6H3,(H,18,24)(H,22,23). The van der Waals surface area contributed by atoms with Crippen molar-refractivity contribution >= 4 is 24.1 Å². The highest BCUT2D eigenvalue weighted by molar-refractivity contribution is 5.85. The number of amides is 3. The van der Waals surface area contributed by atoms with Crippen molar-refractivity contribution in [3.8, 4) is 0 Å². The molecule has 0 spiro atoms. The summed E-state index contributed by atoms with van der Waals surface area (Å²) in [6.45, 7) is 9.78. The lowest BCUT2D eigenvalue weighted by atomic mass is 10.1. The van der Waals surface area contributed by atoms with Crippen molar-refractivity contribution in [3.05, 3.63) is 0 Å². The second kappa shape index (κ2) is 8.45. The van der Waals surface area contributed by atoms with Gasteiger partial charge >= 0.3 is 18.2 Å². The fourth-order valence-corrected chi connectivity index (χ4v) is 2.33. The van der Waals surface area contributed by atoms with E-state index in [2.05, 4.69) is 5.32 Å². The Bertz CT molecular complexity index is 592. The van der Waals surface area contributed by atoms with E-state index in [1.54, 1.807) is 41.5 Å². The molecule has 0 bridgehead atoms. The number of aliphatic carboxylic acids is 1. The maximum Gasteiger partial charge on any atom is 0.411 e. The van der Waals surface area contributed by atoms with Crippen molar-refractivity contribution in [1.82, 2.24) is 15.1 Å². The minimum absolute atomic E-state index is 0.0179. The topological polar surface area (TPSA) is 125 Å². The first-order chi connectivity index (χ1) is 12.2. The SMILES string of the molecule is CC(C)(C)OC(=O)NCC(=O)N1CCN(C(=O)OC(C)(C)C)C(C(=O)O)C1. The van der Waals surface area contributed by atoms with E-state index < -0.39 is 41.3 Å². The maximum absolute atomic E-state index is 12.3. The van der Waals surface area contributed by atoms with Gasteiger partial charge in [-0.2, -0.15) is 0 Å². The Balaban J connectivity index is 2.66. The number of hydrogen-bond donors (Lipinski definition) is 2. The van der Waals surface area contributed by atoms with Gasteiger partial charge in [-0.05, 0) is 41.5 Å². The van der Waals surface area contributed by atoms with Gasteiger partial charge < -0.3 is 24.8 Å². The number of hydrogen-bond acceptors (Lipinski definition) is 6. The number of carboxylic acid groups (broad SMARTS) is 1. The molecule has 1 aliphatic rings. The van der Waals surface area contributed by atoms with Gasteiger partial charge in [-0.15, -0.1) is 0 Å². The Labute approximate surface area is 158 Å². The minimum atomic E-state index is -1.24. The molecule has 1 saturated heterocycles. The summed E-state index contributed by atoms with van der Waals surface area (Å²) in [5, 5.41) is 11.8. The number of piperazine rings is 1. The minimum Gasteiger partial charge on any atom is -0.480 e. The van der Waals surface area contributed by atoms with Crippen molar-refractivity contribution < 1.29 is 33.8 Å². The largest absolute Gasteiger partial charge is 0.480 e. The lowest BCUT2D eigenvalue weighted by Gasteiger charge is -2.39. The van der Waals surface area contributed by atoms with Crippen LogP contribution in [0.25, 0.3) is 0 Å². The van der Waals surface area contributed by atoms with Gasteiger partial charge in [0.25, 0.3) is 0 Å². The third-order valence-electron chi connectivity index (χ3n) is 3.43. The quantitative estimate of drug-likeness (QED) is 0.741. The summed E-state index contributed by atoms with van der Waals surface area (Å²) in [6.07, 6.45) is -1.48. The fourth-order valence-electron chi connectivity index (χ4n) is 2.33. The predicted molar refractivity (Wildman–Crippen MR) is 95.2 cm³/mol. The molecule has 27 heavy (non-hydrogen) atoms. The van der Waals surface area contributed by atoms with Crippen LogP contribution in [0.4, 0.5) is 9.59 Å². The molecule has 0 radical (unpaired) electrons. The van der Waals surface area contributed by atoms with E-state index in [1.165, 1.54) is 4.90 Å². The Morgan fingerprint density at radius 3 is 2.04 bits per heavy atom. The normalized spacial score (nSPS) is 17.9. The summed E-state index contributed by atoms with van der Waals surface area (Å²) in [4.78, 5) is 50.0. The van der Waals surface area contributed by atoms with E-state index >= 15 is 0 Å². The summed E-state index contributed by atoms with van der Waals surface area (Å²) >= 11 is 0. The molecule has 0 aliphatic carbocycles. The Hall–Kier alpha value is -2.52. The average Bonchev–Trinajstić information content (AvgIpc) is 2.48. The zero-order valence-electron chi connectivity index (χ0n) is 16.7. The Morgan fingerprint density at radius 1 is 1.00 bits per heavy atom. The lowest BCUT2D eigenvalue weighted by Crippen LogP contribution is -2.61. The molecule has 10 heteroatoms. The van der Waals surface area contributed by atoms with Crippen molar-refractivity contribution in [3.63, 3.8) is 0 Å². The van der Waals surface area contributed by atoms with Gasteiger partial charge in [0.15, 0.2) is 0 Å². The highest BCUT2D eigenvalue weighted by Gasteiger charge is 2.39. The van der Waals surface area contributed by atoms with Gasteiger partial charge in [0.1, 0.15) is 23.8 Å². The Morgan fingerprint density at radius 2 is 1.56 bits per heavy atom. The number of carbonyl (C=O) groups is 4. The highest BCUT2D eigenvalue weighted by Crippen LogP contribution is 2.16. The molecule has 0 aromatic rings. The molecule has 0 aromatic heterocycles. The molecule has 1 atom stereocenters. The van der Waals surface area contributed by atoms with Crippen LogP contribution in [-0.2, 0) is 19.1 Å². The fraction of sp³-hybridized carbons (Fsp3) is 0.765. The first kappa shape index (κ1) is 22.5. The lowest BCUT2D eigenvalue weighted by molar-refractivity contribution is -0.148. The van der Waals surface area contributed by atoms with Crippen molar-refractivity contribution in [2.45, 2.75) is 58.8 Å². The average molecular weight is 387 g/mol. The van der Waals surface area contributed by atoms with Crippen LogP contribution in [0.15, 0.2) is 0 Å². The van der Waals surface area contributed by atoms with E-state index in [9.17, 15) is 24.3 Å². The number of carbonyl (C=O) groups excluding carboxylic acids is 3. The highest BCUT2D eigenvalue weighted by atomic mass is 16.6. The van der Waals surface area contributed by atoms with Crippen LogP contribution >= 0.6 is 0 Å². The van der Waals surface area contributed by atoms with Gasteiger partial charge in [-0.25, -0.2) is 14.4 Å². The molecule has 10 nitrogen and oxygen atoms in total. The number of nitrogens with one attached hydrogen (secondary N) is 1. The van der Waals surface area contributed by atoms with E-state index in [1.807, 2.05) is 0 Å². The van der Waals surface area contributed by atoms with Crippen LogP contribution in [0.5, 0.6) is 0 Å². The van der Waals surface area contributed by atoms with Crippen molar-refractivity contribution in [2.75, 3.05) is 26.2 Å². The van der Waals surface area contributed by atoms with E-state index in [0.29, 0.717) is 0 Å². The molecule has 154 valence electrons. The summed E-state index contributed by atoms with van der Waals surface area (Å²) in [6, 6.07) is -1.22. The van der Waals surface area contributed by atoms with Crippen molar-refractivity contribution in [1.29, 1.82) is 0 Å². The molecular formula is C17H29N3O7. The van der Waals surface area contributed by atoms with E-state index in [-0.39, 0.29) is 26.2 Å². The van der Waals surface area contributed by atoms with E-state index in [0.717, 1.165) is 4.90 Å². The summed E-state index contributed by atoms with van der Waals surface area (Å²) in [5.74, 6) is -1.70. The van der Waals surface area contributed by atoms with Gasteiger partial charge in [0.05, 0.1) is 6.54 Å². The Kier molecular flexibility index (Phi) is 7.05. The van der Waals surface area contributed by atoms with Gasteiger partial charge in [-0.1, -0.05) is 0 Å². The smallest absolute Gasteiger partial charge is 0.411 e. The van der Waals surface area contributed by atoms with Gasteiger partial charge in [-0.3, -0.25) is 9.69 Å².